The molecule has 2 aliphatic rings. The van der Waals surface area contributed by atoms with Gasteiger partial charge in [-0.05, 0) is 50.3 Å². The monoisotopic (exact) mass is 263 g/mol. The molecule has 1 aromatic carbocycles. The van der Waals surface area contributed by atoms with Gasteiger partial charge in [0.15, 0.2) is 0 Å². The van der Waals surface area contributed by atoms with Crippen molar-refractivity contribution < 1.29 is 9.50 Å². The highest BCUT2D eigenvalue weighted by molar-refractivity contribution is 5.56. The van der Waals surface area contributed by atoms with Crippen molar-refractivity contribution in [1.29, 1.82) is 0 Å². The molecule has 1 saturated heterocycles. The van der Waals surface area contributed by atoms with Gasteiger partial charge >= 0.3 is 0 Å². The molecule has 1 aromatic rings. The van der Waals surface area contributed by atoms with E-state index in [1.807, 2.05) is 6.07 Å². The predicted molar refractivity (Wildman–Crippen MR) is 74.7 cm³/mol. The molecule has 0 bridgehead atoms. The van der Waals surface area contributed by atoms with Gasteiger partial charge in [-0.15, -0.1) is 0 Å². The van der Waals surface area contributed by atoms with Crippen molar-refractivity contribution in [2.24, 2.45) is 5.92 Å². The second-order valence-corrected chi connectivity index (χ2v) is 5.97. The fraction of sp³-hybridized carbons (Fsp3) is 0.625. The first-order valence-electron chi connectivity index (χ1n) is 7.41. The van der Waals surface area contributed by atoms with Gasteiger partial charge in [0.25, 0.3) is 0 Å². The van der Waals surface area contributed by atoms with Gasteiger partial charge in [-0.2, -0.15) is 0 Å². The standard InChI is InChI=1S/C16H22FNO/c1-11(19)14-10-13(17)6-7-16(14)18-9-8-12-4-2-3-5-15(12)18/h6-7,10-12,15,19H,2-5,8-9H2,1H3. The number of aliphatic hydroxyl groups excluding tert-OH is 1. The largest absolute Gasteiger partial charge is 0.389 e. The van der Waals surface area contributed by atoms with Crippen LogP contribution >= 0.6 is 0 Å². The van der Waals surface area contributed by atoms with Crippen molar-refractivity contribution in [3.63, 3.8) is 0 Å². The van der Waals surface area contributed by atoms with Gasteiger partial charge in [0.05, 0.1) is 6.10 Å². The summed E-state index contributed by atoms with van der Waals surface area (Å²) in [6.07, 6.45) is 5.83. The maximum atomic E-state index is 13.4. The molecule has 1 saturated carbocycles. The minimum atomic E-state index is -0.617. The minimum absolute atomic E-state index is 0.265. The van der Waals surface area contributed by atoms with E-state index in [4.69, 9.17) is 0 Å². The van der Waals surface area contributed by atoms with Crippen LogP contribution in [0.15, 0.2) is 18.2 Å². The van der Waals surface area contributed by atoms with Crippen LogP contribution in [-0.4, -0.2) is 17.7 Å². The number of benzene rings is 1. The van der Waals surface area contributed by atoms with E-state index in [-0.39, 0.29) is 5.82 Å². The highest BCUT2D eigenvalue weighted by Gasteiger charge is 2.36. The van der Waals surface area contributed by atoms with Crippen LogP contribution in [0.5, 0.6) is 0 Å². The van der Waals surface area contributed by atoms with E-state index in [9.17, 15) is 9.50 Å². The van der Waals surface area contributed by atoms with Crippen molar-refractivity contribution in [3.05, 3.63) is 29.6 Å². The Labute approximate surface area is 114 Å². The quantitative estimate of drug-likeness (QED) is 0.880. The summed E-state index contributed by atoms with van der Waals surface area (Å²) in [7, 11) is 0. The minimum Gasteiger partial charge on any atom is -0.389 e. The Bertz CT molecular complexity index is 460. The lowest BCUT2D eigenvalue weighted by Crippen LogP contribution is -2.35. The third-order valence-corrected chi connectivity index (χ3v) is 4.76. The van der Waals surface area contributed by atoms with Crippen LogP contribution in [-0.2, 0) is 0 Å². The predicted octanol–water partition coefficient (Wildman–Crippen LogP) is 3.65. The molecule has 1 N–H and O–H groups in total. The van der Waals surface area contributed by atoms with Crippen LogP contribution in [0.3, 0.4) is 0 Å². The molecule has 2 nitrogen and oxygen atoms in total. The van der Waals surface area contributed by atoms with E-state index in [1.54, 1.807) is 6.92 Å². The van der Waals surface area contributed by atoms with Crippen LogP contribution in [0.2, 0.25) is 0 Å². The molecule has 1 heterocycles. The van der Waals surface area contributed by atoms with E-state index in [1.165, 1.54) is 44.2 Å². The lowest BCUT2D eigenvalue weighted by Gasteiger charge is -2.34. The molecular formula is C16H22FNO. The van der Waals surface area contributed by atoms with Gasteiger partial charge in [0.1, 0.15) is 5.82 Å². The van der Waals surface area contributed by atoms with Crippen LogP contribution < -0.4 is 4.90 Å². The third-order valence-electron chi connectivity index (χ3n) is 4.76. The summed E-state index contributed by atoms with van der Waals surface area (Å²) >= 11 is 0. The first-order valence-corrected chi connectivity index (χ1v) is 7.41. The molecule has 0 aromatic heterocycles. The van der Waals surface area contributed by atoms with E-state index >= 15 is 0 Å². The third kappa shape index (κ3) is 2.36. The number of hydrogen-bond donors (Lipinski definition) is 1. The normalized spacial score (nSPS) is 28.3. The maximum Gasteiger partial charge on any atom is 0.123 e. The average molecular weight is 263 g/mol. The molecule has 0 radical (unpaired) electrons. The van der Waals surface area contributed by atoms with E-state index in [0.717, 1.165) is 23.7 Å². The topological polar surface area (TPSA) is 23.5 Å². The Kier molecular flexibility index (Phi) is 3.48. The van der Waals surface area contributed by atoms with Crippen molar-refractivity contribution in [1.82, 2.24) is 0 Å². The van der Waals surface area contributed by atoms with Crippen LogP contribution in [0.4, 0.5) is 10.1 Å². The fourth-order valence-corrected chi connectivity index (χ4v) is 3.83. The summed E-state index contributed by atoms with van der Waals surface area (Å²) in [5, 5.41) is 9.89. The Morgan fingerprint density at radius 1 is 1.26 bits per heavy atom. The van der Waals surface area contributed by atoms with Gasteiger partial charge in [-0.25, -0.2) is 4.39 Å². The smallest absolute Gasteiger partial charge is 0.123 e. The van der Waals surface area contributed by atoms with Crippen molar-refractivity contribution in [3.8, 4) is 0 Å². The fourth-order valence-electron chi connectivity index (χ4n) is 3.83. The number of fused-ring (bicyclic) bond motifs is 1. The zero-order valence-corrected chi connectivity index (χ0v) is 11.5. The molecule has 19 heavy (non-hydrogen) atoms. The van der Waals surface area contributed by atoms with Gasteiger partial charge < -0.3 is 10.0 Å². The highest BCUT2D eigenvalue weighted by atomic mass is 19.1. The number of rotatable bonds is 2. The lowest BCUT2D eigenvalue weighted by molar-refractivity contribution is 0.199. The molecule has 0 spiro atoms. The number of nitrogens with zero attached hydrogens (tertiary/aromatic N) is 1. The van der Waals surface area contributed by atoms with Gasteiger partial charge in [-0.3, -0.25) is 0 Å². The summed E-state index contributed by atoms with van der Waals surface area (Å²) in [5.74, 6) is 0.527. The Balaban J connectivity index is 1.93. The SMILES string of the molecule is CC(O)c1cc(F)ccc1N1CCC2CCCCC21. The first kappa shape index (κ1) is 12.9. The highest BCUT2D eigenvalue weighted by Crippen LogP contribution is 2.41. The molecule has 3 rings (SSSR count). The van der Waals surface area contributed by atoms with Gasteiger partial charge in [0.2, 0.25) is 0 Å². The lowest BCUT2D eigenvalue weighted by atomic mass is 9.85. The number of hydrogen-bond acceptors (Lipinski definition) is 2. The number of aliphatic hydroxyl groups is 1. The summed E-state index contributed by atoms with van der Waals surface area (Å²) in [6, 6.07) is 5.43. The molecule has 1 aliphatic carbocycles. The Hall–Kier alpha value is -1.09. The molecule has 3 unspecified atom stereocenters. The Morgan fingerprint density at radius 2 is 2.05 bits per heavy atom. The number of anilines is 1. The van der Waals surface area contributed by atoms with Crippen LogP contribution in [0.25, 0.3) is 0 Å². The second kappa shape index (κ2) is 5.12. The Morgan fingerprint density at radius 3 is 2.84 bits per heavy atom. The average Bonchev–Trinajstić information content (AvgIpc) is 2.82. The molecule has 2 fully saturated rings. The summed E-state index contributed by atoms with van der Waals surface area (Å²) in [4.78, 5) is 2.41. The number of halogens is 1. The molecule has 1 aliphatic heterocycles. The van der Waals surface area contributed by atoms with Gasteiger partial charge in [-0.1, -0.05) is 12.8 Å². The van der Waals surface area contributed by atoms with Crippen molar-refractivity contribution in [2.45, 2.75) is 51.2 Å². The van der Waals surface area contributed by atoms with Crippen LogP contribution in [0, 0.1) is 11.7 Å². The second-order valence-electron chi connectivity index (χ2n) is 5.97. The molecule has 104 valence electrons. The van der Waals surface area contributed by atoms with Crippen LogP contribution in [0.1, 0.15) is 50.7 Å². The van der Waals surface area contributed by atoms with Crippen molar-refractivity contribution in [2.75, 3.05) is 11.4 Å². The van der Waals surface area contributed by atoms with E-state index in [0.29, 0.717) is 6.04 Å². The summed E-state index contributed by atoms with van der Waals surface area (Å²) < 4.78 is 13.4. The van der Waals surface area contributed by atoms with Crippen molar-refractivity contribution >= 4 is 5.69 Å². The zero-order chi connectivity index (χ0) is 13.4. The molecule has 0 amide bonds. The molecule has 3 heteroatoms. The van der Waals surface area contributed by atoms with E-state index in [2.05, 4.69) is 4.90 Å². The zero-order valence-electron chi connectivity index (χ0n) is 11.5. The molecule has 3 atom stereocenters. The van der Waals surface area contributed by atoms with Gasteiger partial charge in [0, 0.05) is 23.8 Å². The molecular weight excluding hydrogens is 241 g/mol. The summed E-state index contributed by atoms with van der Waals surface area (Å²) in [5.41, 5.74) is 1.76. The summed E-state index contributed by atoms with van der Waals surface area (Å²) in [6.45, 7) is 2.76. The van der Waals surface area contributed by atoms with E-state index < -0.39 is 6.10 Å². The first-order chi connectivity index (χ1) is 9.16. The maximum absolute atomic E-state index is 13.4.